The highest BCUT2D eigenvalue weighted by Gasteiger charge is 2.61. The van der Waals surface area contributed by atoms with Crippen LogP contribution >= 0.6 is 0 Å². The lowest BCUT2D eigenvalue weighted by Gasteiger charge is -2.33. The van der Waals surface area contributed by atoms with Crippen molar-refractivity contribution in [3.05, 3.63) is 53.7 Å². The van der Waals surface area contributed by atoms with E-state index in [9.17, 15) is 19.8 Å². The monoisotopic (exact) mass is 459 g/mol. The summed E-state index contributed by atoms with van der Waals surface area (Å²) in [5.74, 6) is -2.65. The first-order valence-electron chi connectivity index (χ1n) is 11.0. The lowest BCUT2D eigenvalue weighted by atomic mass is 9.82. The molecule has 174 valence electrons. The molecule has 7 nitrogen and oxygen atoms in total. The van der Waals surface area contributed by atoms with Crippen LogP contribution in [0.25, 0.3) is 6.08 Å². The molecule has 0 aliphatic carbocycles. The lowest BCUT2D eigenvalue weighted by molar-refractivity contribution is -0.160. The maximum Gasteiger partial charge on any atom is 0.267 e. The molecule has 0 saturated carbocycles. The van der Waals surface area contributed by atoms with Gasteiger partial charge < -0.3 is 24.7 Å². The molecule has 2 saturated heterocycles. The molecule has 0 aromatic heterocycles. The van der Waals surface area contributed by atoms with E-state index in [1.807, 2.05) is 69.0 Å². The number of aliphatic hydroxyl groups excluding tert-OH is 1. The molecule has 32 heavy (non-hydrogen) atoms. The number of aliphatic hydroxyl groups is 2. The number of hydrogen-bond acceptors (Lipinski definition) is 6. The van der Waals surface area contributed by atoms with E-state index < -0.39 is 49.8 Å². The van der Waals surface area contributed by atoms with Gasteiger partial charge in [-0.1, -0.05) is 56.3 Å². The smallest absolute Gasteiger partial charge is 0.267 e. The Balaban J connectivity index is 1.89. The van der Waals surface area contributed by atoms with Crippen molar-refractivity contribution in [2.45, 2.75) is 69.9 Å². The Labute approximate surface area is 190 Å². The number of nitrogens with one attached hydrogen (secondary N) is 1. The van der Waals surface area contributed by atoms with E-state index >= 15 is 0 Å². The number of amides is 1. The van der Waals surface area contributed by atoms with Crippen LogP contribution < -0.4 is 5.32 Å². The van der Waals surface area contributed by atoms with Gasteiger partial charge in [-0.25, -0.2) is 0 Å². The van der Waals surface area contributed by atoms with E-state index in [4.69, 9.17) is 9.16 Å². The van der Waals surface area contributed by atoms with Crippen LogP contribution in [0.1, 0.15) is 25.8 Å². The Hall–Kier alpha value is -2.10. The molecule has 2 aliphatic heterocycles. The van der Waals surface area contributed by atoms with Gasteiger partial charge in [-0.15, -0.1) is 0 Å². The molecule has 1 aromatic rings. The lowest BCUT2D eigenvalue weighted by Crippen LogP contribution is -2.58. The molecular weight excluding hydrogens is 426 g/mol. The highest BCUT2D eigenvalue weighted by molar-refractivity contribution is 6.69. The van der Waals surface area contributed by atoms with Gasteiger partial charge in [0.1, 0.15) is 18.3 Å². The quantitative estimate of drug-likeness (QED) is 0.227. The van der Waals surface area contributed by atoms with Crippen LogP contribution in [0.3, 0.4) is 0 Å². The second-order valence-electron chi connectivity index (χ2n) is 9.39. The fourth-order valence-corrected chi connectivity index (χ4v) is 4.85. The van der Waals surface area contributed by atoms with Crippen LogP contribution in [-0.4, -0.2) is 60.2 Å². The van der Waals surface area contributed by atoms with Gasteiger partial charge >= 0.3 is 0 Å². The first-order chi connectivity index (χ1) is 15.0. The minimum Gasteiger partial charge on any atom is -0.405 e. The normalized spacial score (nSPS) is 31.0. The number of ketones is 1. The van der Waals surface area contributed by atoms with Crippen molar-refractivity contribution in [1.29, 1.82) is 0 Å². The highest BCUT2D eigenvalue weighted by atomic mass is 28.4. The van der Waals surface area contributed by atoms with Crippen molar-refractivity contribution in [1.82, 2.24) is 5.32 Å². The summed E-state index contributed by atoms with van der Waals surface area (Å²) in [6.45, 7) is 9.25. The van der Waals surface area contributed by atoms with Gasteiger partial charge in [-0.3, -0.25) is 9.59 Å². The van der Waals surface area contributed by atoms with Gasteiger partial charge in [0.25, 0.3) is 5.91 Å². The number of hydrogen-bond donors (Lipinski definition) is 3. The summed E-state index contributed by atoms with van der Waals surface area (Å²) >= 11 is 0. The highest BCUT2D eigenvalue weighted by Crippen LogP contribution is 2.37. The second-order valence-corrected chi connectivity index (χ2v) is 13.8. The Morgan fingerprint density at radius 2 is 1.97 bits per heavy atom. The fraction of sp³-hybridized carbons (Fsp3) is 0.500. The third kappa shape index (κ3) is 5.10. The Bertz CT molecular complexity index is 909. The molecule has 3 N–H and O–H groups in total. The molecule has 2 unspecified atom stereocenters. The van der Waals surface area contributed by atoms with Gasteiger partial charge in [-0.05, 0) is 37.7 Å². The molecule has 2 aliphatic rings. The fourth-order valence-electron chi connectivity index (χ4n) is 3.84. The summed E-state index contributed by atoms with van der Waals surface area (Å²) in [7, 11) is -2.28. The van der Waals surface area contributed by atoms with E-state index in [0.717, 1.165) is 12.0 Å². The van der Waals surface area contributed by atoms with E-state index in [1.54, 1.807) is 6.08 Å². The van der Waals surface area contributed by atoms with E-state index in [-0.39, 0.29) is 6.10 Å². The summed E-state index contributed by atoms with van der Waals surface area (Å²) in [5.41, 5.74) is -1.31. The molecule has 2 fully saturated rings. The van der Waals surface area contributed by atoms with Crippen molar-refractivity contribution in [2.75, 3.05) is 0 Å². The summed E-state index contributed by atoms with van der Waals surface area (Å²) in [4.78, 5) is 26.4. The first kappa shape index (κ1) is 24.5. The molecule has 2 heterocycles. The van der Waals surface area contributed by atoms with Crippen LogP contribution in [0.2, 0.25) is 19.6 Å². The number of carbonyl (C=O) groups excluding carboxylic acids is 2. The number of allylic oxidation sites excluding steroid dienone is 1. The summed E-state index contributed by atoms with van der Waals surface area (Å²) < 4.78 is 11.6. The van der Waals surface area contributed by atoms with Crippen molar-refractivity contribution in [2.24, 2.45) is 5.92 Å². The molecule has 0 spiro atoms. The zero-order valence-electron chi connectivity index (χ0n) is 19.2. The number of ether oxygens (including phenoxy) is 1. The summed E-state index contributed by atoms with van der Waals surface area (Å²) in [5, 5.41) is 24.8. The number of Topliss-reactive ketones (excluding diaryl/α,β-unsaturated/α-hetero) is 1. The predicted molar refractivity (Wildman–Crippen MR) is 124 cm³/mol. The number of epoxide rings is 1. The van der Waals surface area contributed by atoms with Gasteiger partial charge in [0.05, 0.1) is 11.8 Å². The SMILES string of the molecule is CC/C=C\[C@H]1O[C@@H]1C(O)C(C)C(=O)[C@]1(O)C(=O)N/C(=C\c2ccccc2)[C@@H]1O[Si](C)(C)C. The molecule has 0 radical (unpaired) electrons. The largest absolute Gasteiger partial charge is 0.405 e. The maximum absolute atomic E-state index is 13.4. The van der Waals surface area contributed by atoms with Crippen LogP contribution in [0.5, 0.6) is 0 Å². The second kappa shape index (κ2) is 9.41. The number of benzene rings is 1. The molecule has 3 rings (SSSR count). The van der Waals surface area contributed by atoms with Crippen LogP contribution in [-0.2, 0) is 18.8 Å². The zero-order valence-corrected chi connectivity index (χ0v) is 20.2. The van der Waals surface area contributed by atoms with Crippen molar-refractivity contribution >= 4 is 26.1 Å². The van der Waals surface area contributed by atoms with E-state index in [0.29, 0.717) is 5.70 Å². The van der Waals surface area contributed by atoms with Gasteiger partial charge in [0.2, 0.25) is 5.60 Å². The summed E-state index contributed by atoms with van der Waals surface area (Å²) in [6.07, 6.45) is 3.17. The molecule has 1 amide bonds. The average Bonchev–Trinajstić information content (AvgIpc) is 3.48. The van der Waals surface area contributed by atoms with Gasteiger partial charge in [0.15, 0.2) is 14.1 Å². The van der Waals surface area contributed by atoms with Crippen LogP contribution in [0, 0.1) is 5.92 Å². The molecule has 1 aromatic carbocycles. The molecule has 6 atom stereocenters. The topological polar surface area (TPSA) is 108 Å². The standard InChI is InChI=1S/C24H33NO6Si/c1-6-7-13-18-20(30-18)19(26)15(2)21(27)24(29)22(31-32(3,4)5)17(25-23(24)28)14-16-11-9-8-10-12-16/h7-15,18-20,22,26,29H,6H2,1-5H3,(H,25,28)/b13-7-,17-14-/t15?,18-,19?,20+,22+,24-/m1/s1. The summed E-state index contributed by atoms with van der Waals surface area (Å²) in [6, 6.07) is 9.28. The third-order valence-electron chi connectivity index (χ3n) is 5.62. The predicted octanol–water partition coefficient (Wildman–Crippen LogP) is 2.41. The van der Waals surface area contributed by atoms with Crippen LogP contribution in [0.15, 0.2) is 48.2 Å². The molecule has 0 bridgehead atoms. The van der Waals surface area contributed by atoms with E-state index in [2.05, 4.69) is 5.32 Å². The Morgan fingerprint density at radius 1 is 1.31 bits per heavy atom. The third-order valence-corrected chi connectivity index (χ3v) is 6.56. The number of rotatable bonds is 9. The maximum atomic E-state index is 13.4. The number of carbonyl (C=O) groups is 2. The minimum atomic E-state index is -2.44. The van der Waals surface area contributed by atoms with Crippen molar-refractivity contribution in [3.63, 3.8) is 0 Å². The van der Waals surface area contributed by atoms with Gasteiger partial charge in [0, 0.05) is 5.92 Å². The average molecular weight is 460 g/mol. The van der Waals surface area contributed by atoms with Crippen molar-refractivity contribution < 1.29 is 29.0 Å². The van der Waals surface area contributed by atoms with Gasteiger partial charge in [-0.2, -0.15) is 0 Å². The van der Waals surface area contributed by atoms with Crippen molar-refractivity contribution in [3.8, 4) is 0 Å². The first-order valence-corrected chi connectivity index (χ1v) is 14.4. The minimum absolute atomic E-state index is 0.269. The zero-order chi connectivity index (χ0) is 23.7. The van der Waals surface area contributed by atoms with E-state index in [1.165, 1.54) is 6.92 Å². The van der Waals surface area contributed by atoms with Crippen LogP contribution in [0.4, 0.5) is 0 Å². The Morgan fingerprint density at radius 3 is 2.56 bits per heavy atom. The molecule has 8 heteroatoms. The Kier molecular flexibility index (Phi) is 7.21. The molecular formula is C24H33NO6Si.